The normalized spacial score (nSPS) is 27.4. The molecule has 6 nitrogen and oxygen atoms in total. The van der Waals surface area contributed by atoms with E-state index in [9.17, 15) is 12.8 Å². The van der Waals surface area contributed by atoms with Gasteiger partial charge >= 0.3 is 0 Å². The Labute approximate surface area is 148 Å². The van der Waals surface area contributed by atoms with E-state index < -0.39 is 15.8 Å². The smallest absolute Gasteiger partial charge is 0.240 e. The predicted molar refractivity (Wildman–Crippen MR) is 91.6 cm³/mol. The number of nitrogens with one attached hydrogen (secondary N) is 2. The van der Waals surface area contributed by atoms with Crippen LogP contribution in [0.5, 0.6) is 5.75 Å². The van der Waals surface area contributed by atoms with Gasteiger partial charge in [0.1, 0.15) is 0 Å². The first-order valence-corrected chi connectivity index (χ1v) is 10.2. The molecule has 2 heterocycles. The van der Waals surface area contributed by atoms with E-state index in [2.05, 4.69) is 10.0 Å². The zero-order valence-electron chi connectivity index (χ0n) is 14.3. The third-order valence-electron chi connectivity index (χ3n) is 4.78. The average Bonchev–Trinajstić information content (AvgIpc) is 3.09. The number of halogens is 1. The molecular formula is C17H25FN2O4S. The first-order chi connectivity index (χ1) is 12.0. The molecule has 140 valence electrons. The number of ether oxygens (including phenoxy) is 2. The van der Waals surface area contributed by atoms with E-state index in [0.29, 0.717) is 19.8 Å². The minimum atomic E-state index is -3.77. The largest absolute Gasteiger partial charge is 0.490 e. The van der Waals surface area contributed by atoms with Crippen molar-refractivity contribution in [3.8, 4) is 5.75 Å². The van der Waals surface area contributed by atoms with Gasteiger partial charge in [-0.3, -0.25) is 0 Å². The van der Waals surface area contributed by atoms with Crippen molar-refractivity contribution in [2.45, 2.75) is 43.2 Å². The summed E-state index contributed by atoms with van der Waals surface area (Å²) in [6, 6.07) is 3.63. The van der Waals surface area contributed by atoms with Crippen molar-refractivity contribution >= 4 is 10.0 Å². The van der Waals surface area contributed by atoms with E-state index in [1.807, 2.05) is 6.92 Å². The van der Waals surface area contributed by atoms with E-state index in [1.165, 1.54) is 12.1 Å². The van der Waals surface area contributed by atoms with E-state index in [0.717, 1.165) is 31.9 Å². The zero-order valence-corrected chi connectivity index (χ0v) is 15.1. The second-order valence-corrected chi connectivity index (χ2v) is 8.46. The summed E-state index contributed by atoms with van der Waals surface area (Å²) in [5, 5.41) is 3.24. The van der Waals surface area contributed by atoms with Crippen LogP contribution in [-0.2, 0) is 14.8 Å². The first kappa shape index (κ1) is 18.6. The van der Waals surface area contributed by atoms with Crippen molar-refractivity contribution in [2.75, 3.05) is 26.4 Å². The van der Waals surface area contributed by atoms with Gasteiger partial charge in [0.25, 0.3) is 0 Å². The fourth-order valence-corrected chi connectivity index (χ4v) is 4.52. The molecule has 1 aromatic rings. The van der Waals surface area contributed by atoms with E-state index in [4.69, 9.17) is 9.47 Å². The molecule has 1 aromatic carbocycles. The van der Waals surface area contributed by atoms with Gasteiger partial charge in [-0.2, -0.15) is 0 Å². The van der Waals surface area contributed by atoms with Crippen LogP contribution >= 0.6 is 0 Å². The van der Waals surface area contributed by atoms with Gasteiger partial charge in [0.05, 0.1) is 18.1 Å². The average molecular weight is 372 g/mol. The summed E-state index contributed by atoms with van der Waals surface area (Å²) >= 11 is 0. The van der Waals surface area contributed by atoms with Gasteiger partial charge in [0.15, 0.2) is 11.6 Å². The molecule has 8 heteroatoms. The molecular weight excluding hydrogens is 347 g/mol. The highest BCUT2D eigenvalue weighted by atomic mass is 32.2. The van der Waals surface area contributed by atoms with Crippen LogP contribution in [0.4, 0.5) is 4.39 Å². The summed E-state index contributed by atoms with van der Waals surface area (Å²) in [6.45, 7) is 4.51. The lowest BCUT2D eigenvalue weighted by atomic mass is 10.0. The Balaban J connectivity index is 1.65. The van der Waals surface area contributed by atoms with Crippen LogP contribution in [0, 0.1) is 11.7 Å². The third-order valence-corrected chi connectivity index (χ3v) is 6.27. The summed E-state index contributed by atoms with van der Waals surface area (Å²) in [7, 11) is -3.77. The molecule has 2 aliphatic rings. The Kier molecular flexibility index (Phi) is 5.93. The number of sulfonamides is 1. The minimum Gasteiger partial charge on any atom is -0.490 e. The molecule has 3 rings (SSSR count). The summed E-state index contributed by atoms with van der Waals surface area (Å²) in [5.74, 6) is -0.347. The highest BCUT2D eigenvalue weighted by Crippen LogP contribution is 2.23. The molecule has 0 spiro atoms. The van der Waals surface area contributed by atoms with Gasteiger partial charge in [0.2, 0.25) is 10.0 Å². The Morgan fingerprint density at radius 1 is 1.40 bits per heavy atom. The number of benzene rings is 1. The van der Waals surface area contributed by atoms with E-state index in [1.54, 1.807) is 0 Å². The fourth-order valence-electron chi connectivity index (χ4n) is 3.16. The minimum absolute atomic E-state index is 0.0459. The van der Waals surface area contributed by atoms with Crippen molar-refractivity contribution < 1.29 is 22.3 Å². The van der Waals surface area contributed by atoms with Crippen LogP contribution < -0.4 is 14.8 Å². The molecule has 2 N–H and O–H groups in total. The lowest BCUT2D eigenvalue weighted by Crippen LogP contribution is -2.51. The van der Waals surface area contributed by atoms with Gasteiger partial charge in [-0.25, -0.2) is 17.5 Å². The first-order valence-electron chi connectivity index (χ1n) is 8.71. The van der Waals surface area contributed by atoms with Gasteiger partial charge in [-0.05, 0) is 50.9 Å². The molecule has 3 atom stereocenters. The summed E-state index contributed by atoms with van der Waals surface area (Å²) in [5.41, 5.74) is 0. The monoisotopic (exact) mass is 372 g/mol. The van der Waals surface area contributed by atoms with Crippen LogP contribution in [0.3, 0.4) is 0 Å². The molecule has 2 aliphatic heterocycles. The SMILES string of the molecule is CC1NCCCC1NS(=O)(=O)c1ccc(OCC2CCOC2)c(F)c1. The van der Waals surface area contributed by atoms with Crippen LogP contribution in [0.2, 0.25) is 0 Å². The Hall–Kier alpha value is -1.22. The number of rotatable bonds is 6. The molecule has 0 aliphatic carbocycles. The highest BCUT2D eigenvalue weighted by molar-refractivity contribution is 7.89. The molecule has 0 radical (unpaired) electrons. The molecule has 2 fully saturated rings. The lowest BCUT2D eigenvalue weighted by Gasteiger charge is -2.30. The number of hydrogen-bond acceptors (Lipinski definition) is 5. The molecule has 3 unspecified atom stereocenters. The van der Waals surface area contributed by atoms with E-state index >= 15 is 0 Å². The standard InChI is InChI=1S/C17H25FN2O4S/c1-12-16(3-2-7-19-12)20-25(21,22)14-4-5-17(15(18)9-14)24-11-13-6-8-23-10-13/h4-5,9,12-13,16,19-20H,2-3,6-8,10-11H2,1H3. The molecule has 0 saturated carbocycles. The second-order valence-electron chi connectivity index (χ2n) is 6.75. The highest BCUT2D eigenvalue weighted by Gasteiger charge is 2.27. The van der Waals surface area contributed by atoms with Crippen molar-refractivity contribution in [1.82, 2.24) is 10.0 Å². The van der Waals surface area contributed by atoms with Crippen LogP contribution in [-0.4, -0.2) is 46.9 Å². The van der Waals surface area contributed by atoms with Crippen molar-refractivity contribution in [3.05, 3.63) is 24.0 Å². The van der Waals surface area contributed by atoms with Gasteiger partial charge in [0, 0.05) is 24.6 Å². The summed E-state index contributed by atoms with van der Waals surface area (Å²) in [6.07, 6.45) is 2.57. The van der Waals surface area contributed by atoms with E-state index in [-0.39, 0.29) is 28.6 Å². The Morgan fingerprint density at radius 3 is 2.92 bits per heavy atom. The topological polar surface area (TPSA) is 76.7 Å². The maximum atomic E-state index is 14.2. The van der Waals surface area contributed by atoms with Crippen molar-refractivity contribution in [2.24, 2.45) is 5.92 Å². The second kappa shape index (κ2) is 7.99. The van der Waals surface area contributed by atoms with Gasteiger partial charge in [-0.1, -0.05) is 0 Å². The van der Waals surface area contributed by atoms with Crippen molar-refractivity contribution in [1.29, 1.82) is 0 Å². The van der Waals surface area contributed by atoms with Crippen LogP contribution in [0.1, 0.15) is 26.2 Å². The number of hydrogen-bond donors (Lipinski definition) is 2. The predicted octanol–water partition coefficient (Wildman–Crippen LogP) is 1.66. The fraction of sp³-hybridized carbons (Fsp3) is 0.647. The Morgan fingerprint density at radius 2 is 2.24 bits per heavy atom. The Bertz CT molecular complexity index is 692. The van der Waals surface area contributed by atoms with Gasteiger partial charge in [-0.15, -0.1) is 0 Å². The molecule has 0 bridgehead atoms. The molecule has 2 saturated heterocycles. The maximum absolute atomic E-state index is 14.2. The summed E-state index contributed by atoms with van der Waals surface area (Å²) < 4.78 is 52.7. The van der Waals surface area contributed by atoms with Gasteiger partial charge < -0.3 is 14.8 Å². The zero-order chi connectivity index (χ0) is 17.9. The van der Waals surface area contributed by atoms with Crippen LogP contribution in [0.15, 0.2) is 23.1 Å². The third kappa shape index (κ3) is 4.69. The molecule has 0 aromatic heterocycles. The van der Waals surface area contributed by atoms with Crippen molar-refractivity contribution in [3.63, 3.8) is 0 Å². The molecule has 0 amide bonds. The molecule has 25 heavy (non-hydrogen) atoms. The summed E-state index contributed by atoms with van der Waals surface area (Å²) in [4.78, 5) is -0.0840. The van der Waals surface area contributed by atoms with Crippen LogP contribution in [0.25, 0.3) is 0 Å². The maximum Gasteiger partial charge on any atom is 0.240 e. The number of piperidine rings is 1. The lowest BCUT2D eigenvalue weighted by molar-refractivity contribution is 0.165. The quantitative estimate of drug-likeness (QED) is 0.794.